The summed E-state index contributed by atoms with van der Waals surface area (Å²) in [7, 11) is 0. The van der Waals surface area contributed by atoms with E-state index in [9.17, 15) is 4.79 Å². The number of nitrogens with one attached hydrogen (secondary N) is 1. The lowest BCUT2D eigenvalue weighted by Crippen LogP contribution is -2.20. The van der Waals surface area contributed by atoms with E-state index in [-0.39, 0.29) is 12.5 Å². The first kappa shape index (κ1) is 20.9. The third-order valence-corrected chi connectivity index (χ3v) is 4.98. The van der Waals surface area contributed by atoms with E-state index in [0.29, 0.717) is 31.2 Å². The fraction of sp³-hybridized carbons (Fsp3) is 0.350. The van der Waals surface area contributed by atoms with Crippen molar-refractivity contribution in [3.8, 4) is 11.5 Å². The van der Waals surface area contributed by atoms with E-state index in [1.165, 1.54) is 0 Å². The standard InChI is InChI=1S/C20H24BrN5O3/c1-4-28-18-7-6-15(8-19(18)29-5-2)11-25-12-16(9-22-25)24-20(27)13-26-14(3)17(21)10-23-26/h6-10,12H,4-5,11,13H2,1-3H3,(H,24,27). The van der Waals surface area contributed by atoms with Crippen LogP contribution in [-0.2, 0) is 17.9 Å². The third-order valence-electron chi connectivity index (χ3n) is 4.21. The van der Waals surface area contributed by atoms with E-state index >= 15 is 0 Å². The molecule has 29 heavy (non-hydrogen) atoms. The Balaban J connectivity index is 1.63. The summed E-state index contributed by atoms with van der Waals surface area (Å²) in [5, 5.41) is 11.3. The van der Waals surface area contributed by atoms with Crippen LogP contribution in [0.2, 0.25) is 0 Å². The Hall–Kier alpha value is -2.81. The van der Waals surface area contributed by atoms with E-state index in [2.05, 4.69) is 31.4 Å². The zero-order valence-corrected chi connectivity index (χ0v) is 18.3. The van der Waals surface area contributed by atoms with Crippen molar-refractivity contribution in [3.63, 3.8) is 0 Å². The molecule has 1 aromatic carbocycles. The maximum Gasteiger partial charge on any atom is 0.246 e. The molecule has 2 aromatic heterocycles. The summed E-state index contributed by atoms with van der Waals surface area (Å²) < 4.78 is 15.5. The van der Waals surface area contributed by atoms with E-state index in [1.807, 2.05) is 39.0 Å². The highest BCUT2D eigenvalue weighted by molar-refractivity contribution is 9.10. The summed E-state index contributed by atoms with van der Waals surface area (Å²) in [5.41, 5.74) is 2.56. The van der Waals surface area contributed by atoms with Gasteiger partial charge in [0.2, 0.25) is 5.91 Å². The van der Waals surface area contributed by atoms with Gasteiger partial charge < -0.3 is 14.8 Å². The molecule has 0 spiro atoms. The number of nitrogens with zero attached hydrogens (tertiary/aromatic N) is 4. The molecule has 3 aromatic rings. The highest BCUT2D eigenvalue weighted by Gasteiger charge is 2.11. The van der Waals surface area contributed by atoms with Gasteiger partial charge in [-0.15, -0.1) is 0 Å². The molecule has 0 unspecified atom stereocenters. The highest BCUT2D eigenvalue weighted by atomic mass is 79.9. The van der Waals surface area contributed by atoms with Crippen LogP contribution < -0.4 is 14.8 Å². The van der Waals surface area contributed by atoms with Crippen molar-refractivity contribution in [1.29, 1.82) is 0 Å². The fourth-order valence-corrected chi connectivity index (χ4v) is 3.11. The van der Waals surface area contributed by atoms with Crippen molar-refractivity contribution < 1.29 is 14.3 Å². The molecule has 8 nitrogen and oxygen atoms in total. The minimum absolute atomic E-state index is 0.138. The fourth-order valence-electron chi connectivity index (χ4n) is 2.82. The minimum atomic E-state index is -0.164. The van der Waals surface area contributed by atoms with Gasteiger partial charge in [-0.05, 0) is 54.4 Å². The second-order valence-corrected chi connectivity index (χ2v) is 7.21. The molecule has 0 atom stereocenters. The van der Waals surface area contributed by atoms with Crippen molar-refractivity contribution in [3.05, 3.63) is 52.5 Å². The lowest BCUT2D eigenvalue weighted by atomic mass is 10.2. The van der Waals surface area contributed by atoms with Crippen LogP contribution in [-0.4, -0.2) is 38.7 Å². The van der Waals surface area contributed by atoms with Gasteiger partial charge in [0.1, 0.15) is 6.54 Å². The first-order valence-electron chi connectivity index (χ1n) is 9.38. The largest absolute Gasteiger partial charge is 0.490 e. The van der Waals surface area contributed by atoms with Gasteiger partial charge in [0.15, 0.2) is 11.5 Å². The van der Waals surface area contributed by atoms with Gasteiger partial charge >= 0.3 is 0 Å². The summed E-state index contributed by atoms with van der Waals surface area (Å²) >= 11 is 3.39. The smallest absolute Gasteiger partial charge is 0.246 e. The van der Waals surface area contributed by atoms with Gasteiger partial charge in [0.25, 0.3) is 0 Å². The van der Waals surface area contributed by atoms with Crippen LogP contribution in [0.15, 0.2) is 41.3 Å². The quantitative estimate of drug-likeness (QED) is 0.525. The van der Waals surface area contributed by atoms with Gasteiger partial charge in [-0.25, -0.2) is 0 Å². The number of hydrogen-bond acceptors (Lipinski definition) is 5. The van der Waals surface area contributed by atoms with Gasteiger partial charge in [0, 0.05) is 6.20 Å². The number of anilines is 1. The van der Waals surface area contributed by atoms with Crippen molar-refractivity contribution >= 4 is 27.5 Å². The Bertz CT molecular complexity index is 982. The van der Waals surface area contributed by atoms with Crippen LogP contribution in [0, 0.1) is 6.92 Å². The van der Waals surface area contributed by atoms with E-state index in [1.54, 1.807) is 28.0 Å². The molecular weight excluding hydrogens is 438 g/mol. The number of hydrogen-bond donors (Lipinski definition) is 1. The summed E-state index contributed by atoms with van der Waals surface area (Å²) in [6, 6.07) is 5.83. The average molecular weight is 462 g/mol. The molecule has 0 aliphatic carbocycles. The number of aromatic nitrogens is 4. The SMILES string of the molecule is CCOc1ccc(Cn2cc(NC(=O)Cn3ncc(Br)c3C)cn2)cc1OCC. The number of amides is 1. The predicted octanol–water partition coefficient (Wildman–Crippen LogP) is 3.63. The lowest BCUT2D eigenvalue weighted by Gasteiger charge is -2.12. The molecule has 2 heterocycles. The number of ether oxygens (including phenoxy) is 2. The van der Waals surface area contributed by atoms with Gasteiger partial charge in [-0.2, -0.15) is 10.2 Å². The molecule has 154 valence electrons. The van der Waals surface area contributed by atoms with Crippen LogP contribution in [0.1, 0.15) is 25.1 Å². The third kappa shape index (κ3) is 5.38. The lowest BCUT2D eigenvalue weighted by molar-refractivity contribution is -0.116. The van der Waals surface area contributed by atoms with E-state index in [4.69, 9.17) is 9.47 Å². The van der Waals surface area contributed by atoms with Crippen LogP contribution in [0.5, 0.6) is 11.5 Å². The summed E-state index contributed by atoms with van der Waals surface area (Å²) in [5.74, 6) is 1.28. The maximum absolute atomic E-state index is 12.3. The number of carbonyl (C=O) groups excluding carboxylic acids is 1. The molecular formula is C20H24BrN5O3. The topological polar surface area (TPSA) is 83.2 Å². The molecule has 1 amide bonds. The first-order chi connectivity index (χ1) is 14.0. The number of carbonyl (C=O) groups is 1. The zero-order valence-electron chi connectivity index (χ0n) is 16.7. The van der Waals surface area contributed by atoms with E-state index in [0.717, 1.165) is 21.5 Å². The molecule has 0 aliphatic heterocycles. The summed E-state index contributed by atoms with van der Waals surface area (Å²) in [4.78, 5) is 12.3. The Morgan fingerprint density at radius 1 is 1.14 bits per heavy atom. The Labute approximate surface area is 177 Å². The molecule has 1 N–H and O–H groups in total. The minimum Gasteiger partial charge on any atom is -0.490 e. The highest BCUT2D eigenvalue weighted by Crippen LogP contribution is 2.29. The summed E-state index contributed by atoms with van der Waals surface area (Å²) in [6.07, 6.45) is 5.09. The monoisotopic (exact) mass is 461 g/mol. The van der Waals surface area contributed by atoms with Crippen LogP contribution in [0.4, 0.5) is 5.69 Å². The van der Waals surface area contributed by atoms with E-state index < -0.39 is 0 Å². The second kappa shape index (κ2) is 9.60. The van der Waals surface area contributed by atoms with Gasteiger partial charge in [0.05, 0.1) is 48.0 Å². The van der Waals surface area contributed by atoms with Gasteiger partial charge in [-0.1, -0.05) is 6.07 Å². The van der Waals surface area contributed by atoms with Crippen LogP contribution in [0.3, 0.4) is 0 Å². The number of halogens is 1. The normalized spacial score (nSPS) is 10.8. The molecule has 0 saturated carbocycles. The first-order valence-corrected chi connectivity index (χ1v) is 10.2. The molecule has 0 radical (unpaired) electrons. The van der Waals surface area contributed by atoms with Crippen molar-refractivity contribution in [1.82, 2.24) is 19.6 Å². The Kier molecular flexibility index (Phi) is 6.92. The van der Waals surface area contributed by atoms with Crippen LogP contribution in [0.25, 0.3) is 0 Å². The second-order valence-electron chi connectivity index (χ2n) is 6.36. The molecule has 0 saturated heterocycles. The average Bonchev–Trinajstić information content (AvgIpc) is 3.25. The summed E-state index contributed by atoms with van der Waals surface area (Å²) in [6.45, 7) is 7.61. The Morgan fingerprint density at radius 2 is 1.90 bits per heavy atom. The molecule has 0 bridgehead atoms. The molecule has 0 fully saturated rings. The van der Waals surface area contributed by atoms with Gasteiger partial charge in [-0.3, -0.25) is 14.2 Å². The van der Waals surface area contributed by atoms with Crippen molar-refractivity contribution in [2.75, 3.05) is 18.5 Å². The maximum atomic E-state index is 12.3. The number of rotatable bonds is 9. The molecule has 3 rings (SSSR count). The Morgan fingerprint density at radius 3 is 2.59 bits per heavy atom. The van der Waals surface area contributed by atoms with Crippen molar-refractivity contribution in [2.45, 2.75) is 33.9 Å². The molecule has 0 aliphatic rings. The molecule has 9 heteroatoms. The van der Waals surface area contributed by atoms with Crippen molar-refractivity contribution in [2.24, 2.45) is 0 Å². The zero-order chi connectivity index (χ0) is 20.8. The van der Waals surface area contributed by atoms with Crippen LogP contribution >= 0.6 is 15.9 Å². The predicted molar refractivity (Wildman–Crippen MR) is 113 cm³/mol. The number of benzene rings is 1.